The van der Waals surface area contributed by atoms with Gasteiger partial charge >= 0.3 is 5.97 Å². The molecule has 0 aliphatic carbocycles. The Morgan fingerprint density at radius 3 is 2.70 bits per heavy atom. The first-order valence-electron chi connectivity index (χ1n) is 9.33. The zero-order valence-electron chi connectivity index (χ0n) is 16.4. The Balaban J connectivity index is 1.52. The van der Waals surface area contributed by atoms with Gasteiger partial charge in [-0.05, 0) is 19.1 Å². The number of rotatable bonds is 5. The van der Waals surface area contributed by atoms with Crippen molar-refractivity contribution in [3.63, 3.8) is 0 Å². The maximum atomic E-state index is 12.6. The van der Waals surface area contributed by atoms with E-state index in [2.05, 4.69) is 15.8 Å². The van der Waals surface area contributed by atoms with Gasteiger partial charge in [-0.1, -0.05) is 18.2 Å². The molecule has 0 unspecified atom stereocenters. The van der Waals surface area contributed by atoms with Gasteiger partial charge in [0, 0.05) is 29.7 Å². The Morgan fingerprint density at radius 1 is 1.17 bits per heavy atom. The summed E-state index contributed by atoms with van der Waals surface area (Å²) in [7, 11) is 1.50. The third-order valence-electron chi connectivity index (χ3n) is 4.75. The monoisotopic (exact) mass is 409 g/mol. The van der Waals surface area contributed by atoms with Crippen LogP contribution in [-0.4, -0.2) is 36.7 Å². The van der Waals surface area contributed by atoms with Gasteiger partial charge in [-0.2, -0.15) is 5.10 Å². The maximum absolute atomic E-state index is 12.6. The van der Waals surface area contributed by atoms with E-state index in [-0.39, 0.29) is 24.5 Å². The number of nitrogens with zero attached hydrogens (tertiary/aromatic N) is 1. The number of benzene rings is 2. The molecule has 0 fully saturated rings. The molecule has 0 radical (unpaired) electrons. The van der Waals surface area contributed by atoms with E-state index in [0.717, 1.165) is 16.4 Å². The summed E-state index contributed by atoms with van der Waals surface area (Å²) >= 11 is 0. The van der Waals surface area contributed by atoms with Gasteiger partial charge in [0.1, 0.15) is 22.6 Å². The molecule has 3 aromatic rings. The summed E-state index contributed by atoms with van der Waals surface area (Å²) in [5.74, 6) is -1.12. The first-order valence-corrected chi connectivity index (χ1v) is 9.33. The molecule has 154 valence electrons. The molecule has 1 aliphatic heterocycles. The topological polar surface area (TPSA) is 119 Å². The van der Waals surface area contributed by atoms with Gasteiger partial charge in [-0.3, -0.25) is 9.59 Å². The summed E-state index contributed by atoms with van der Waals surface area (Å²) in [6.07, 6.45) is -0.785. The Kier molecular flexibility index (Phi) is 5.09. The number of ether oxygens (including phenoxy) is 2. The van der Waals surface area contributed by atoms with Crippen molar-refractivity contribution >= 4 is 51.1 Å². The molecule has 1 aromatic heterocycles. The highest BCUT2D eigenvalue weighted by molar-refractivity contribution is 6.37. The number of fused-ring (bicyclic) bond motifs is 3. The van der Waals surface area contributed by atoms with Gasteiger partial charge in [-0.25, -0.2) is 10.2 Å². The fourth-order valence-corrected chi connectivity index (χ4v) is 3.16. The van der Waals surface area contributed by atoms with E-state index in [1.165, 1.54) is 14.0 Å². The van der Waals surface area contributed by atoms with Gasteiger partial charge in [0.25, 0.3) is 5.91 Å². The third kappa shape index (κ3) is 3.69. The molecule has 1 aliphatic rings. The van der Waals surface area contributed by atoms with E-state index in [4.69, 9.17) is 13.9 Å². The smallest absolute Gasteiger partial charge is 0.355 e. The van der Waals surface area contributed by atoms with Crippen LogP contribution in [0.5, 0.6) is 5.75 Å². The fourth-order valence-electron chi connectivity index (χ4n) is 3.16. The number of methoxy groups -OCH3 is 1. The van der Waals surface area contributed by atoms with E-state index in [9.17, 15) is 14.4 Å². The van der Waals surface area contributed by atoms with E-state index in [1.807, 2.05) is 24.3 Å². The number of hydrogen-bond acceptors (Lipinski definition) is 7. The van der Waals surface area contributed by atoms with Crippen LogP contribution >= 0.6 is 0 Å². The van der Waals surface area contributed by atoms with Crippen molar-refractivity contribution in [3.05, 3.63) is 36.4 Å². The average Bonchev–Trinajstić information content (AvgIpc) is 3.10. The van der Waals surface area contributed by atoms with Crippen molar-refractivity contribution in [2.75, 3.05) is 12.4 Å². The Bertz CT molecular complexity index is 1200. The molecular formula is C21H19N3O6. The molecule has 0 spiro atoms. The molecule has 2 N–H and O–H groups in total. The lowest BCUT2D eigenvalue weighted by Gasteiger charge is -2.17. The second kappa shape index (κ2) is 7.86. The van der Waals surface area contributed by atoms with Crippen LogP contribution in [0.1, 0.15) is 19.8 Å². The summed E-state index contributed by atoms with van der Waals surface area (Å²) in [4.78, 5) is 35.8. The molecule has 0 saturated heterocycles. The van der Waals surface area contributed by atoms with Crippen molar-refractivity contribution in [2.24, 2.45) is 5.10 Å². The van der Waals surface area contributed by atoms with E-state index < -0.39 is 18.0 Å². The second-order valence-corrected chi connectivity index (χ2v) is 6.78. The predicted molar refractivity (Wildman–Crippen MR) is 109 cm³/mol. The lowest BCUT2D eigenvalue weighted by molar-refractivity contribution is -0.146. The molecule has 9 nitrogen and oxygen atoms in total. The summed E-state index contributed by atoms with van der Waals surface area (Å²) in [5, 5.41) is 8.16. The Morgan fingerprint density at radius 2 is 1.97 bits per heavy atom. The summed E-state index contributed by atoms with van der Waals surface area (Å²) in [5.41, 5.74) is 3.98. The van der Waals surface area contributed by atoms with E-state index in [0.29, 0.717) is 17.0 Å². The SMILES string of the molecule is COc1cc2c(cc1NC(=O)[C@H](C)OC(=O)C1=NNC(=O)CC1)oc1ccccc12. The number of esters is 1. The molecule has 2 amide bonds. The first-order chi connectivity index (χ1) is 14.5. The minimum atomic E-state index is -1.09. The van der Waals surface area contributed by atoms with Crippen molar-refractivity contribution < 1.29 is 28.3 Å². The lowest BCUT2D eigenvalue weighted by atomic mass is 10.1. The number of furan rings is 1. The highest BCUT2D eigenvalue weighted by atomic mass is 16.5. The molecule has 30 heavy (non-hydrogen) atoms. The molecule has 2 aromatic carbocycles. The molecular weight excluding hydrogens is 390 g/mol. The number of para-hydroxylation sites is 1. The lowest BCUT2D eigenvalue weighted by Crippen LogP contribution is -2.35. The number of hydrazone groups is 1. The van der Waals surface area contributed by atoms with Gasteiger partial charge in [0.15, 0.2) is 6.10 Å². The molecule has 2 heterocycles. The molecule has 0 bridgehead atoms. The zero-order valence-corrected chi connectivity index (χ0v) is 16.4. The van der Waals surface area contributed by atoms with Crippen LogP contribution in [0, 0.1) is 0 Å². The van der Waals surface area contributed by atoms with Crippen LogP contribution in [0.3, 0.4) is 0 Å². The summed E-state index contributed by atoms with van der Waals surface area (Å²) in [6, 6.07) is 11.0. The molecule has 1 atom stereocenters. The quantitative estimate of drug-likeness (QED) is 0.626. The van der Waals surface area contributed by atoms with Gasteiger partial charge in [0.05, 0.1) is 12.8 Å². The van der Waals surface area contributed by atoms with Crippen molar-refractivity contribution in [1.82, 2.24) is 5.43 Å². The number of carbonyl (C=O) groups excluding carboxylic acids is 3. The summed E-state index contributed by atoms with van der Waals surface area (Å²) in [6.45, 7) is 1.45. The number of nitrogens with one attached hydrogen (secondary N) is 2. The maximum Gasteiger partial charge on any atom is 0.355 e. The predicted octanol–water partition coefficient (Wildman–Crippen LogP) is 2.73. The highest BCUT2D eigenvalue weighted by Crippen LogP contribution is 2.36. The van der Waals surface area contributed by atoms with E-state index in [1.54, 1.807) is 12.1 Å². The molecule has 0 saturated carbocycles. The normalized spacial score (nSPS) is 14.7. The van der Waals surface area contributed by atoms with Crippen LogP contribution in [0.2, 0.25) is 0 Å². The summed E-state index contributed by atoms with van der Waals surface area (Å²) < 4.78 is 16.4. The van der Waals surface area contributed by atoms with Crippen LogP contribution < -0.4 is 15.5 Å². The van der Waals surface area contributed by atoms with Crippen molar-refractivity contribution in [2.45, 2.75) is 25.9 Å². The van der Waals surface area contributed by atoms with Crippen LogP contribution in [0.15, 0.2) is 45.9 Å². The highest BCUT2D eigenvalue weighted by Gasteiger charge is 2.25. The number of carbonyl (C=O) groups is 3. The zero-order chi connectivity index (χ0) is 21.3. The number of amides is 2. The van der Waals surface area contributed by atoms with Gasteiger partial charge in [0.2, 0.25) is 5.91 Å². The number of anilines is 1. The molecule has 4 rings (SSSR count). The van der Waals surface area contributed by atoms with Crippen LogP contribution in [-0.2, 0) is 19.1 Å². The van der Waals surface area contributed by atoms with Crippen molar-refractivity contribution in [1.29, 1.82) is 0 Å². The van der Waals surface area contributed by atoms with Crippen molar-refractivity contribution in [3.8, 4) is 5.75 Å². The second-order valence-electron chi connectivity index (χ2n) is 6.78. The Hall–Kier alpha value is -3.88. The molecule has 9 heteroatoms. The third-order valence-corrected chi connectivity index (χ3v) is 4.75. The van der Waals surface area contributed by atoms with E-state index >= 15 is 0 Å². The number of hydrogen-bond donors (Lipinski definition) is 2. The van der Waals surface area contributed by atoms with Crippen LogP contribution in [0.4, 0.5) is 5.69 Å². The van der Waals surface area contributed by atoms with Gasteiger partial charge < -0.3 is 19.2 Å². The average molecular weight is 409 g/mol. The minimum absolute atomic E-state index is 0.0653. The fraction of sp³-hybridized carbons (Fsp3) is 0.238. The standard InChI is InChI=1S/C21H19N3O6/c1-11(29-21(27)14-7-8-19(25)24-23-14)20(26)22-15-10-17-13(9-18(15)28-2)12-5-3-4-6-16(12)30-17/h3-6,9-11H,7-8H2,1-2H3,(H,22,26)(H,24,25)/t11-/m0/s1. The van der Waals surface area contributed by atoms with Crippen LogP contribution in [0.25, 0.3) is 21.9 Å². The minimum Gasteiger partial charge on any atom is -0.495 e. The van der Waals surface area contributed by atoms with Gasteiger partial charge in [-0.15, -0.1) is 0 Å². The Labute approximate surface area is 171 Å². The largest absolute Gasteiger partial charge is 0.495 e. The first kappa shape index (κ1) is 19.4.